The van der Waals surface area contributed by atoms with E-state index < -0.39 is 0 Å². The molecule has 0 fully saturated rings. The number of ether oxygens (including phenoxy) is 2. The molecule has 0 radical (unpaired) electrons. The molecular weight excluding hydrogens is 392 g/mol. The van der Waals surface area contributed by atoms with E-state index in [0.29, 0.717) is 16.6 Å². The maximum Gasteiger partial charge on any atom is 0.236 e. The van der Waals surface area contributed by atoms with Crippen LogP contribution in [0.3, 0.4) is 0 Å². The number of carbonyl (C=O) groups excluding carboxylic acids is 1. The second-order valence-electron chi connectivity index (χ2n) is 6.07. The van der Waals surface area contributed by atoms with Gasteiger partial charge in [-0.15, -0.1) is 23.1 Å². The summed E-state index contributed by atoms with van der Waals surface area (Å²) in [6.45, 7) is 2.08. The smallest absolute Gasteiger partial charge is 0.236 e. The van der Waals surface area contributed by atoms with Gasteiger partial charge in [0.2, 0.25) is 5.91 Å². The van der Waals surface area contributed by atoms with Crippen molar-refractivity contribution in [3.8, 4) is 22.8 Å². The zero-order valence-electron chi connectivity index (χ0n) is 16.0. The second-order valence-corrected chi connectivity index (χ2v) is 7.92. The largest absolute Gasteiger partial charge is 0.497 e. The average Bonchev–Trinajstić information content (AvgIpc) is 3.17. The summed E-state index contributed by atoms with van der Waals surface area (Å²) in [4.78, 5) is 16.8. The first-order chi connectivity index (χ1) is 13.6. The lowest BCUT2D eigenvalue weighted by Gasteiger charge is -2.08. The second kappa shape index (κ2) is 9.61. The molecule has 0 saturated heterocycles. The molecule has 5 nitrogen and oxygen atoms in total. The minimum Gasteiger partial charge on any atom is -0.497 e. The molecule has 0 bridgehead atoms. The number of methoxy groups -OCH3 is 2. The molecule has 0 saturated carbocycles. The summed E-state index contributed by atoms with van der Waals surface area (Å²) in [6, 6.07) is 13.8. The zero-order valence-corrected chi connectivity index (χ0v) is 17.7. The summed E-state index contributed by atoms with van der Waals surface area (Å²) in [5, 5.41) is 5.34. The molecule has 0 aliphatic heterocycles. The normalized spacial score (nSPS) is 10.5. The summed E-state index contributed by atoms with van der Waals surface area (Å²) >= 11 is 2.98. The van der Waals surface area contributed by atoms with Crippen molar-refractivity contribution in [3.05, 3.63) is 59.0 Å². The number of thiazole rings is 1. The summed E-state index contributed by atoms with van der Waals surface area (Å²) in [7, 11) is 3.24. The van der Waals surface area contributed by atoms with Gasteiger partial charge in [-0.3, -0.25) is 4.79 Å². The van der Waals surface area contributed by atoms with E-state index in [9.17, 15) is 4.79 Å². The van der Waals surface area contributed by atoms with Gasteiger partial charge >= 0.3 is 0 Å². The zero-order chi connectivity index (χ0) is 19.9. The van der Waals surface area contributed by atoms with Gasteiger partial charge in [0.05, 0.1) is 25.7 Å². The van der Waals surface area contributed by atoms with Gasteiger partial charge in [-0.25, -0.2) is 4.98 Å². The van der Waals surface area contributed by atoms with Gasteiger partial charge in [-0.1, -0.05) is 24.3 Å². The molecule has 0 atom stereocenters. The summed E-state index contributed by atoms with van der Waals surface area (Å²) in [6.07, 6.45) is 0. The minimum atomic E-state index is -0.0582. The van der Waals surface area contributed by atoms with E-state index in [1.54, 1.807) is 26.0 Å². The van der Waals surface area contributed by atoms with Crippen LogP contribution < -0.4 is 14.8 Å². The van der Waals surface area contributed by atoms with E-state index in [0.717, 1.165) is 22.8 Å². The number of nitrogens with zero attached hydrogens (tertiary/aromatic N) is 1. The van der Waals surface area contributed by atoms with Crippen LogP contribution in [0, 0.1) is 6.92 Å². The van der Waals surface area contributed by atoms with Gasteiger partial charge in [-0.2, -0.15) is 0 Å². The molecule has 28 heavy (non-hydrogen) atoms. The molecule has 3 rings (SSSR count). The molecule has 3 aromatic rings. The highest BCUT2D eigenvalue weighted by atomic mass is 32.2. The summed E-state index contributed by atoms with van der Waals surface area (Å²) in [5.41, 5.74) is 4.06. The fourth-order valence-corrected chi connectivity index (χ4v) is 4.28. The lowest BCUT2D eigenvalue weighted by atomic mass is 10.1. The number of aryl methyl sites for hydroxylation is 1. The number of anilines is 1. The number of nitrogens with one attached hydrogen (secondary N) is 1. The fraction of sp³-hybridized carbons (Fsp3) is 0.238. The Morgan fingerprint density at radius 2 is 2.00 bits per heavy atom. The number of hydrogen-bond acceptors (Lipinski definition) is 6. The number of amides is 1. The Labute approximate surface area is 173 Å². The Kier molecular flexibility index (Phi) is 6.95. The number of carbonyl (C=O) groups is 1. The SMILES string of the molecule is COc1ccc(OC)c(-c2csc(NC(=O)CSCc3ccccc3C)n2)c1. The topological polar surface area (TPSA) is 60.5 Å². The Hall–Kier alpha value is -2.51. The lowest BCUT2D eigenvalue weighted by molar-refractivity contribution is -0.113. The first-order valence-corrected chi connectivity index (χ1v) is 10.7. The van der Waals surface area contributed by atoms with Crippen molar-refractivity contribution < 1.29 is 14.3 Å². The van der Waals surface area contributed by atoms with Crippen LogP contribution in [0.1, 0.15) is 11.1 Å². The van der Waals surface area contributed by atoms with Crippen molar-refractivity contribution in [2.45, 2.75) is 12.7 Å². The number of aromatic nitrogens is 1. The number of thioether (sulfide) groups is 1. The maximum absolute atomic E-state index is 12.2. The van der Waals surface area contributed by atoms with Crippen LogP contribution >= 0.6 is 23.1 Å². The molecule has 146 valence electrons. The molecule has 1 N–H and O–H groups in total. The lowest BCUT2D eigenvalue weighted by Crippen LogP contribution is -2.14. The van der Waals surface area contributed by atoms with Gasteiger partial charge < -0.3 is 14.8 Å². The molecule has 1 heterocycles. The average molecular weight is 415 g/mol. The Bertz CT molecular complexity index is 956. The van der Waals surface area contributed by atoms with Gasteiger partial charge in [0.15, 0.2) is 5.13 Å². The van der Waals surface area contributed by atoms with Gasteiger partial charge in [0, 0.05) is 16.7 Å². The highest BCUT2D eigenvalue weighted by Gasteiger charge is 2.13. The molecule has 0 aliphatic rings. The van der Waals surface area contributed by atoms with Crippen LogP contribution in [0.25, 0.3) is 11.3 Å². The summed E-state index contributed by atoms with van der Waals surface area (Å²) < 4.78 is 10.7. The van der Waals surface area contributed by atoms with Crippen LogP contribution in [0.2, 0.25) is 0 Å². The molecular formula is C21H22N2O3S2. The molecule has 0 unspecified atom stereocenters. The van der Waals surface area contributed by atoms with Crippen molar-refractivity contribution in [1.29, 1.82) is 0 Å². The molecule has 2 aromatic carbocycles. The van der Waals surface area contributed by atoms with Crippen molar-refractivity contribution in [2.75, 3.05) is 25.3 Å². The van der Waals surface area contributed by atoms with Gasteiger partial charge in [-0.05, 0) is 36.2 Å². The van der Waals surface area contributed by atoms with E-state index in [1.165, 1.54) is 22.5 Å². The molecule has 1 aromatic heterocycles. The van der Waals surface area contributed by atoms with E-state index in [4.69, 9.17) is 9.47 Å². The van der Waals surface area contributed by atoms with E-state index in [2.05, 4.69) is 29.4 Å². The predicted octanol–water partition coefficient (Wildman–Crippen LogP) is 5.01. The third kappa shape index (κ3) is 5.05. The minimum absolute atomic E-state index is 0.0582. The highest BCUT2D eigenvalue weighted by molar-refractivity contribution is 7.99. The Balaban J connectivity index is 1.60. The Morgan fingerprint density at radius 1 is 1.18 bits per heavy atom. The number of benzene rings is 2. The first kappa shape index (κ1) is 20.2. The van der Waals surface area contributed by atoms with E-state index in [1.807, 2.05) is 35.7 Å². The summed E-state index contributed by atoms with van der Waals surface area (Å²) in [5.74, 6) is 2.56. The third-order valence-corrected chi connectivity index (χ3v) is 5.92. The monoisotopic (exact) mass is 414 g/mol. The Morgan fingerprint density at radius 3 is 2.75 bits per heavy atom. The van der Waals surface area contributed by atoms with E-state index in [-0.39, 0.29) is 5.91 Å². The van der Waals surface area contributed by atoms with Crippen molar-refractivity contribution >= 4 is 34.1 Å². The first-order valence-electron chi connectivity index (χ1n) is 8.70. The van der Waals surface area contributed by atoms with Crippen LogP contribution in [0.5, 0.6) is 11.5 Å². The number of rotatable bonds is 8. The highest BCUT2D eigenvalue weighted by Crippen LogP contribution is 2.35. The van der Waals surface area contributed by atoms with Crippen LogP contribution in [-0.2, 0) is 10.5 Å². The molecule has 1 amide bonds. The van der Waals surface area contributed by atoms with E-state index >= 15 is 0 Å². The van der Waals surface area contributed by atoms with Crippen LogP contribution in [0.15, 0.2) is 47.8 Å². The van der Waals surface area contributed by atoms with Crippen molar-refractivity contribution in [2.24, 2.45) is 0 Å². The maximum atomic E-state index is 12.2. The van der Waals surface area contributed by atoms with Crippen molar-refractivity contribution in [3.63, 3.8) is 0 Å². The molecule has 7 heteroatoms. The van der Waals surface area contributed by atoms with Crippen LogP contribution in [0.4, 0.5) is 5.13 Å². The number of hydrogen-bond donors (Lipinski definition) is 1. The quantitative estimate of drug-likeness (QED) is 0.562. The van der Waals surface area contributed by atoms with Crippen molar-refractivity contribution in [1.82, 2.24) is 4.98 Å². The van der Waals surface area contributed by atoms with Gasteiger partial charge in [0.1, 0.15) is 11.5 Å². The molecule has 0 aliphatic carbocycles. The fourth-order valence-electron chi connectivity index (χ4n) is 2.65. The molecule has 0 spiro atoms. The predicted molar refractivity (Wildman–Crippen MR) is 117 cm³/mol. The third-order valence-electron chi connectivity index (χ3n) is 4.19. The van der Waals surface area contributed by atoms with Gasteiger partial charge in [0.25, 0.3) is 0 Å². The van der Waals surface area contributed by atoms with Crippen LogP contribution in [-0.4, -0.2) is 30.9 Å². The standard InChI is InChI=1S/C21H22N2O3S2/c1-14-6-4-5-7-15(14)11-27-13-20(24)23-21-22-18(12-28-21)17-10-16(25-2)8-9-19(17)26-3/h4-10,12H,11,13H2,1-3H3,(H,22,23,24).